The first-order valence-corrected chi connectivity index (χ1v) is 4.43. The average Bonchev–Trinajstić information content (AvgIpc) is 2.73. The molecule has 0 aliphatic heterocycles. The number of hydrogen-bond donors (Lipinski definition) is 0. The van der Waals surface area contributed by atoms with Gasteiger partial charge in [0.25, 0.3) is 0 Å². The summed E-state index contributed by atoms with van der Waals surface area (Å²) >= 11 is 0. The van der Waals surface area contributed by atoms with Gasteiger partial charge in [-0.1, -0.05) is 19.1 Å². The van der Waals surface area contributed by atoms with E-state index in [2.05, 4.69) is 37.8 Å². The maximum Gasteiger partial charge on any atom is 0.0196 e. The van der Waals surface area contributed by atoms with Crippen LogP contribution in [0.3, 0.4) is 0 Å². The lowest BCUT2D eigenvalue weighted by Crippen LogP contribution is -2.15. The Balaban J connectivity index is 2.53. The molecule has 0 spiro atoms. The molecule has 0 atom stereocenters. The number of rotatable bonds is 4. The summed E-state index contributed by atoms with van der Waals surface area (Å²) in [6, 6.07) is 0. The Morgan fingerprint density at radius 3 is 2.64 bits per heavy atom. The van der Waals surface area contributed by atoms with Gasteiger partial charge in [0, 0.05) is 24.4 Å². The second-order valence-corrected chi connectivity index (χ2v) is 2.90. The quantitative estimate of drug-likeness (QED) is 0.597. The largest absolute Gasteiger partial charge is 0.349 e. The lowest BCUT2D eigenvalue weighted by atomic mass is 10.3. The molecule has 11 heavy (non-hydrogen) atoms. The van der Waals surface area contributed by atoms with Gasteiger partial charge in [-0.3, -0.25) is 0 Å². The topological polar surface area (TPSA) is 3.24 Å². The summed E-state index contributed by atoms with van der Waals surface area (Å²) < 4.78 is 0. The molecule has 1 aliphatic carbocycles. The maximum absolute atomic E-state index is 2.38. The van der Waals surface area contributed by atoms with E-state index in [0.717, 1.165) is 13.0 Å². The Labute approximate surface area is 69.4 Å². The molecule has 0 heterocycles. The van der Waals surface area contributed by atoms with Crippen LogP contribution in [0, 0.1) is 0 Å². The van der Waals surface area contributed by atoms with Gasteiger partial charge in [-0.05, 0) is 20.3 Å². The third-order valence-corrected chi connectivity index (χ3v) is 1.97. The molecule has 0 amide bonds. The summed E-state index contributed by atoms with van der Waals surface area (Å²) in [6.45, 7) is 7.67. The van der Waals surface area contributed by atoms with Crippen molar-refractivity contribution < 1.29 is 0 Å². The minimum Gasteiger partial charge on any atom is -0.349 e. The molecular weight excluding hydrogens is 134 g/mol. The van der Waals surface area contributed by atoms with Gasteiger partial charge in [-0.15, -0.1) is 0 Å². The van der Waals surface area contributed by atoms with Crippen LogP contribution in [0.2, 0.25) is 0 Å². The molecule has 0 radical (unpaired) electrons. The molecule has 0 aromatic rings. The van der Waals surface area contributed by atoms with Gasteiger partial charge in [-0.2, -0.15) is 0 Å². The SMILES string of the molecule is CCC=C(C)N(CC)C1=CC1. The molecule has 0 saturated carbocycles. The molecule has 1 nitrogen and oxygen atoms in total. The highest BCUT2D eigenvalue weighted by atomic mass is 15.2. The van der Waals surface area contributed by atoms with Crippen LogP contribution in [0.15, 0.2) is 23.5 Å². The van der Waals surface area contributed by atoms with Crippen LogP contribution in [0.5, 0.6) is 0 Å². The Morgan fingerprint density at radius 1 is 1.64 bits per heavy atom. The van der Waals surface area contributed by atoms with E-state index < -0.39 is 0 Å². The predicted octanol–water partition coefficient (Wildman–Crippen LogP) is 2.91. The molecule has 1 rings (SSSR count). The lowest BCUT2D eigenvalue weighted by Gasteiger charge is -2.20. The Morgan fingerprint density at radius 2 is 2.27 bits per heavy atom. The van der Waals surface area contributed by atoms with Crippen LogP contribution in [0.25, 0.3) is 0 Å². The average molecular weight is 151 g/mol. The van der Waals surface area contributed by atoms with Crippen molar-refractivity contribution in [2.75, 3.05) is 6.54 Å². The van der Waals surface area contributed by atoms with Gasteiger partial charge in [-0.25, -0.2) is 0 Å². The van der Waals surface area contributed by atoms with Crippen LogP contribution < -0.4 is 0 Å². The van der Waals surface area contributed by atoms with E-state index in [0.29, 0.717) is 0 Å². The van der Waals surface area contributed by atoms with Crippen LogP contribution >= 0.6 is 0 Å². The predicted molar refractivity (Wildman–Crippen MR) is 49.1 cm³/mol. The van der Waals surface area contributed by atoms with E-state index in [1.165, 1.54) is 17.8 Å². The van der Waals surface area contributed by atoms with Gasteiger partial charge in [0.1, 0.15) is 0 Å². The summed E-state index contributed by atoms with van der Waals surface area (Å²) in [5, 5.41) is 0. The first-order chi connectivity index (χ1) is 5.29. The summed E-state index contributed by atoms with van der Waals surface area (Å²) in [5.74, 6) is 0. The van der Waals surface area contributed by atoms with Crippen molar-refractivity contribution in [3.8, 4) is 0 Å². The molecule has 0 unspecified atom stereocenters. The van der Waals surface area contributed by atoms with Gasteiger partial charge >= 0.3 is 0 Å². The van der Waals surface area contributed by atoms with E-state index in [1.807, 2.05) is 0 Å². The third kappa shape index (κ3) is 2.11. The van der Waals surface area contributed by atoms with Crippen molar-refractivity contribution in [2.24, 2.45) is 0 Å². The summed E-state index contributed by atoms with van der Waals surface area (Å²) in [6.07, 6.45) is 6.89. The molecule has 62 valence electrons. The molecule has 0 N–H and O–H groups in total. The fourth-order valence-electron chi connectivity index (χ4n) is 1.35. The zero-order chi connectivity index (χ0) is 8.27. The van der Waals surface area contributed by atoms with Crippen molar-refractivity contribution in [1.82, 2.24) is 4.90 Å². The van der Waals surface area contributed by atoms with Crippen molar-refractivity contribution in [3.63, 3.8) is 0 Å². The zero-order valence-corrected chi connectivity index (χ0v) is 7.72. The first-order valence-electron chi connectivity index (χ1n) is 4.43. The van der Waals surface area contributed by atoms with Crippen molar-refractivity contribution in [1.29, 1.82) is 0 Å². The summed E-state index contributed by atoms with van der Waals surface area (Å²) in [7, 11) is 0. The number of hydrogen-bond acceptors (Lipinski definition) is 1. The fraction of sp³-hybridized carbons (Fsp3) is 0.600. The van der Waals surface area contributed by atoms with Crippen molar-refractivity contribution in [3.05, 3.63) is 23.5 Å². The maximum atomic E-state index is 2.38. The molecule has 1 heteroatoms. The molecule has 0 bridgehead atoms. The van der Waals surface area contributed by atoms with E-state index in [4.69, 9.17) is 0 Å². The van der Waals surface area contributed by atoms with E-state index in [-0.39, 0.29) is 0 Å². The highest BCUT2D eigenvalue weighted by Crippen LogP contribution is 2.26. The Kier molecular flexibility index (Phi) is 2.75. The number of nitrogens with zero attached hydrogens (tertiary/aromatic N) is 1. The minimum absolute atomic E-state index is 1.11. The second-order valence-electron chi connectivity index (χ2n) is 2.90. The smallest absolute Gasteiger partial charge is 0.0196 e. The van der Waals surface area contributed by atoms with Crippen LogP contribution in [0.1, 0.15) is 33.6 Å². The first kappa shape index (κ1) is 8.38. The Hall–Kier alpha value is -0.720. The normalized spacial score (nSPS) is 16.3. The van der Waals surface area contributed by atoms with Gasteiger partial charge in [0.15, 0.2) is 0 Å². The second kappa shape index (κ2) is 3.61. The highest BCUT2D eigenvalue weighted by Gasteiger charge is 2.15. The summed E-state index contributed by atoms with van der Waals surface area (Å²) in [5.41, 5.74) is 2.90. The van der Waals surface area contributed by atoms with Crippen LogP contribution in [-0.2, 0) is 0 Å². The number of allylic oxidation sites excluding steroid dienone is 4. The third-order valence-electron chi connectivity index (χ3n) is 1.97. The molecule has 0 saturated heterocycles. The minimum atomic E-state index is 1.11. The molecule has 1 aliphatic rings. The zero-order valence-electron chi connectivity index (χ0n) is 7.72. The van der Waals surface area contributed by atoms with Crippen LogP contribution in [-0.4, -0.2) is 11.4 Å². The molecule has 0 aromatic carbocycles. The Bertz CT molecular complexity index is 189. The standard InChI is InChI=1S/C10H17N/c1-4-6-9(3)11(5-2)10-7-8-10/h6-7H,4-5,8H2,1-3H3. The van der Waals surface area contributed by atoms with E-state index in [9.17, 15) is 0 Å². The van der Waals surface area contributed by atoms with E-state index >= 15 is 0 Å². The van der Waals surface area contributed by atoms with Gasteiger partial charge in [0.05, 0.1) is 0 Å². The van der Waals surface area contributed by atoms with E-state index in [1.54, 1.807) is 0 Å². The van der Waals surface area contributed by atoms with Gasteiger partial charge in [0.2, 0.25) is 0 Å². The van der Waals surface area contributed by atoms with Gasteiger partial charge < -0.3 is 4.90 Å². The van der Waals surface area contributed by atoms with Crippen LogP contribution in [0.4, 0.5) is 0 Å². The van der Waals surface area contributed by atoms with Crippen molar-refractivity contribution >= 4 is 0 Å². The monoisotopic (exact) mass is 151 g/mol. The highest BCUT2D eigenvalue weighted by molar-refractivity contribution is 5.25. The lowest BCUT2D eigenvalue weighted by molar-refractivity contribution is 0.465. The molecule has 0 fully saturated rings. The van der Waals surface area contributed by atoms with Crippen molar-refractivity contribution in [2.45, 2.75) is 33.6 Å². The molecular formula is C10H17N. The summed E-state index contributed by atoms with van der Waals surface area (Å²) in [4.78, 5) is 2.38. The molecule has 0 aromatic heterocycles. The fourth-order valence-corrected chi connectivity index (χ4v) is 1.35.